The average molecular weight is 963 g/mol. The van der Waals surface area contributed by atoms with Gasteiger partial charge in [-0.05, 0) is 136 Å². The molecule has 2 unspecified atom stereocenters. The van der Waals surface area contributed by atoms with Crippen LogP contribution in [0.5, 0.6) is 0 Å². The highest BCUT2D eigenvalue weighted by Gasteiger charge is 2.36. The third-order valence-corrected chi connectivity index (χ3v) is 15.5. The van der Waals surface area contributed by atoms with Crippen molar-refractivity contribution in [3.63, 3.8) is 0 Å². The average Bonchev–Trinajstić information content (AvgIpc) is 3.47. The molecule has 1 aromatic heterocycles. The molecule has 0 amide bonds. The Labute approximate surface area is 439 Å². The maximum atomic E-state index is 5.35. The Morgan fingerprint density at radius 2 is 1.39 bits per heavy atom. The maximum Gasteiger partial charge on any atom is 0.160 e. The second-order valence-corrected chi connectivity index (χ2v) is 19.9. The van der Waals surface area contributed by atoms with Crippen molar-refractivity contribution in [1.82, 2.24) is 9.97 Å². The Hall–Kier alpha value is -8.08. The van der Waals surface area contributed by atoms with Crippen LogP contribution >= 0.6 is 0 Å². The second-order valence-electron chi connectivity index (χ2n) is 19.9. The van der Waals surface area contributed by atoms with E-state index < -0.39 is 0 Å². The van der Waals surface area contributed by atoms with Crippen LogP contribution in [0.3, 0.4) is 0 Å². The van der Waals surface area contributed by atoms with E-state index in [0.29, 0.717) is 24.2 Å². The van der Waals surface area contributed by atoms with Gasteiger partial charge in [-0.3, -0.25) is 9.98 Å². The van der Waals surface area contributed by atoms with E-state index in [1.165, 1.54) is 63.4 Å². The number of hydrogen-bond donors (Lipinski definition) is 0. The lowest BCUT2D eigenvalue weighted by Crippen LogP contribution is -2.30. The predicted octanol–water partition coefficient (Wildman–Crippen LogP) is 18.4. The molecule has 74 heavy (non-hydrogen) atoms. The molecule has 0 N–H and O–H groups in total. The summed E-state index contributed by atoms with van der Waals surface area (Å²) in [5.41, 5.74) is 18.6. The number of fused-ring (bicyclic) bond motifs is 3. The first-order valence-electron chi connectivity index (χ1n) is 26.7. The largest absolute Gasteiger partial charge is 0.280 e. The van der Waals surface area contributed by atoms with Crippen LogP contribution in [0, 0.1) is 5.92 Å². The van der Waals surface area contributed by atoms with Gasteiger partial charge in [-0.1, -0.05) is 217 Å². The summed E-state index contributed by atoms with van der Waals surface area (Å²) in [5.74, 6) is 1.56. The van der Waals surface area contributed by atoms with E-state index in [2.05, 4.69) is 220 Å². The lowest BCUT2D eigenvalue weighted by Gasteiger charge is -2.39. The van der Waals surface area contributed by atoms with Crippen LogP contribution in [-0.2, 0) is 12.0 Å². The molecule has 0 radical (unpaired) electrons. The zero-order valence-corrected chi connectivity index (χ0v) is 43.3. The van der Waals surface area contributed by atoms with Crippen molar-refractivity contribution in [2.75, 3.05) is 0 Å². The summed E-state index contributed by atoms with van der Waals surface area (Å²) < 4.78 is 0. The minimum absolute atomic E-state index is 0.0927. The van der Waals surface area contributed by atoms with Crippen LogP contribution in [0.25, 0.3) is 68.6 Å². The summed E-state index contributed by atoms with van der Waals surface area (Å²) in [5, 5.41) is 2.37. The standard InChI is InChI=1S/C68H60N4.C2H6/c1-5-48-23-27-58(39-49(48)6-2)65-44-66(59-30-26-52-20-14-15-46(3)62(52)42-59)72-67(71-65)53-31-35-61(36-32-53)68(37-12-7-13-38-68)60-33-21-47(22-34-60)45-70-64(57-29-25-51-17-9-11-19-55(51)41-57)43-63(69-4)56-28-24-50-16-8-10-18-54(50)40-56;1-2/h5-6,8-11,14,16-24,26-36,39-44,46,51H,1-2,4,7,12-13,15,25,37-38,45H2,3H3;1-2H3/b63-43-,70-64?;. The molecule has 7 aromatic rings. The molecule has 366 valence electrons. The van der Waals surface area contributed by atoms with Crippen molar-refractivity contribution in [2.24, 2.45) is 15.9 Å². The fourth-order valence-electron chi connectivity index (χ4n) is 11.3. The predicted molar refractivity (Wildman–Crippen MR) is 317 cm³/mol. The summed E-state index contributed by atoms with van der Waals surface area (Å²) in [7, 11) is 0. The van der Waals surface area contributed by atoms with E-state index in [1.807, 2.05) is 26.0 Å². The van der Waals surface area contributed by atoms with Crippen molar-refractivity contribution < 1.29 is 0 Å². The van der Waals surface area contributed by atoms with Crippen molar-refractivity contribution in [3.05, 3.63) is 251 Å². The molecule has 2 atom stereocenters. The van der Waals surface area contributed by atoms with Gasteiger partial charge in [-0.2, -0.15) is 0 Å². The van der Waals surface area contributed by atoms with Gasteiger partial charge in [-0.25, -0.2) is 9.97 Å². The van der Waals surface area contributed by atoms with Crippen LogP contribution in [0.15, 0.2) is 216 Å². The Balaban J connectivity index is 0.00000309. The number of benzene rings is 6. The van der Waals surface area contributed by atoms with Gasteiger partial charge >= 0.3 is 0 Å². The summed E-state index contributed by atoms with van der Waals surface area (Å²) >= 11 is 0. The van der Waals surface area contributed by atoms with Gasteiger partial charge in [0.25, 0.3) is 0 Å². The third kappa shape index (κ3) is 10.3. The van der Waals surface area contributed by atoms with Crippen LogP contribution in [-0.4, -0.2) is 22.4 Å². The lowest BCUT2D eigenvalue weighted by molar-refractivity contribution is 0.346. The molecule has 0 saturated heterocycles. The van der Waals surface area contributed by atoms with Crippen LogP contribution < -0.4 is 0 Å². The molecular formula is C70H66N4. The Morgan fingerprint density at radius 3 is 2.14 bits per heavy atom. The van der Waals surface area contributed by atoms with Crippen molar-refractivity contribution >= 4 is 47.1 Å². The highest BCUT2D eigenvalue weighted by atomic mass is 14.9. The van der Waals surface area contributed by atoms with Crippen molar-refractivity contribution in [1.29, 1.82) is 0 Å². The number of aliphatic imine (C=N–C) groups is 2. The van der Waals surface area contributed by atoms with Crippen molar-refractivity contribution in [3.8, 4) is 33.9 Å². The van der Waals surface area contributed by atoms with E-state index in [1.54, 1.807) is 0 Å². The van der Waals surface area contributed by atoms with E-state index >= 15 is 0 Å². The molecule has 0 bridgehead atoms. The summed E-state index contributed by atoms with van der Waals surface area (Å²) in [4.78, 5) is 20.5. The maximum absolute atomic E-state index is 5.35. The number of rotatable bonds is 13. The van der Waals surface area contributed by atoms with E-state index in [4.69, 9.17) is 15.0 Å². The Kier molecular flexibility index (Phi) is 15.0. The van der Waals surface area contributed by atoms with E-state index in [-0.39, 0.29) is 5.41 Å². The summed E-state index contributed by atoms with van der Waals surface area (Å²) in [6.07, 6.45) is 31.6. The molecule has 1 saturated carbocycles. The van der Waals surface area contributed by atoms with Crippen LogP contribution in [0.2, 0.25) is 0 Å². The number of nitrogens with zero attached hydrogens (tertiary/aromatic N) is 4. The molecule has 4 aliphatic rings. The molecule has 4 aliphatic carbocycles. The zero-order chi connectivity index (χ0) is 51.0. The molecule has 11 rings (SSSR count). The smallest absolute Gasteiger partial charge is 0.160 e. The highest BCUT2D eigenvalue weighted by molar-refractivity contribution is 6.14. The second kappa shape index (κ2) is 22.4. The van der Waals surface area contributed by atoms with Gasteiger partial charge in [0.2, 0.25) is 0 Å². The van der Waals surface area contributed by atoms with Gasteiger partial charge in [-0.15, -0.1) is 0 Å². The summed E-state index contributed by atoms with van der Waals surface area (Å²) in [6.45, 7) is 19.0. The van der Waals surface area contributed by atoms with Crippen LogP contribution in [0.4, 0.5) is 0 Å². The van der Waals surface area contributed by atoms with Gasteiger partial charge in [0.1, 0.15) is 0 Å². The fourth-order valence-corrected chi connectivity index (χ4v) is 11.3. The quantitative estimate of drug-likeness (QED) is 0.108. The minimum atomic E-state index is -0.0927. The third-order valence-electron chi connectivity index (χ3n) is 15.5. The summed E-state index contributed by atoms with van der Waals surface area (Å²) in [6, 6.07) is 48.6. The first-order chi connectivity index (χ1) is 36.4. The van der Waals surface area contributed by atoms with Gasteiger partial charge < -0.3 is 0 Å². The topological polar surface area (TPSA) is 50.5 Å². The monoisotopic (exact) mass is 963 g/mol. The molecule has 0 aliphatic heterocycles. The molecule has 4 heteroatoms. The molecule has 1 fully saturated rings. The Morgan fingerprint density at radius 1 is 0.689 bits per heavy atom. The number of hydrogen-bond acceptors (Lipinski definition) is 4. The van der Waals surface area contributed by atoms with Gasteiger partial charge in [0, 0.05) is 33.6 Å². The molecule has 1 heterocycles. The number of aromatic nitrogens is 2. The highest BCUT2D eigenvalue weighted by Crippen LogP contribution is 2.46. The van der Waals surface area contributed by atoms with Gasteiger partial charge in [0.05, 0.1) is 29.3 Å². The lowest BCUT2D eigenvalue weighted by atomic mass is 9.65. The fraction of sp³-hybridized carbons (Fsp3) is 0.200. The first-order valence-corrected chi connectivity index (χ1v) is 26.7. The molecular weight excluding hydrogens is 897 g/mol. The van der Waals surface area contributed by atoms with Gasteiger partial charge in [0.15, 0.2) is 5.82 Å². The van der Waals surface area contributed by atoms with Crippen LogP contribution in [0.1, 0.15) is 116 Å². The minimum Gasteiger partial charge on any atom is -0.280 e. The zero-order valence-electron chi connectivity index (χ0n) is 43.3. The van der Waals surface area contributed by atoms with Crippen molar-refractivity contribution in [2.45, 2.75) is 83.6 Å². The first kappa shape index (κ1) is 49.5. The SMILES string of the molecule is C=Cc1ccc(-c2cc(-c3ccc4c(c3)C(C)CC=C4)nc(-c3ccc(C4(c5ccc(CN=C(/C=C(\N=C)c6ccc7ccccc7c6)C6=CCC7C=CC=CC7=C6)cc5)CCCCC4)cc3)n2)cc1C=C.CC. The van der Waals surface area contributed by atoms with E-state index in [9.17, 15) is 0 Å². The molecule has 0 spiro atoms. The normalized spacial score (nSPS) is 17.8. The molecule has 6 aromatic carbocycles. The Bertz CT molecular complexity index is 3470. The molecule has 4 nitrogen and oxygen atoms in total. The number of allylic oxidation sites excluding steroid dienone is 10. The van der Waals surface area contributed by atoms with E-state index in [0.717, 1.165) is 87.4 Å².